The largest absolute Gasteiger partial charge is 0.245 e. The molecule has 0 radical (unpaired) electrons. The van der Waals surface area contributed by atoms with E-state index in [2.05, 4.69) is 115 Å². The average molecular weight is 587 g/mol. The zero-order valence-electron chi connectivity index (χ0n) is 24.8. The molecule has 3 heterocycles. The van der Waals surface area contributed by atoms with Crippen LogP contribution in [0.5, 0.6) is 0 Å². The molecule has 0 spiro atoms. The van der Waals surface area contributed by atoms with Crippen LogP contribution >= 0.6 is 0 Å². The lowest BCUT2D eigenvalue weighted by Crippen LogP contribution is -1.96. The highest BCUT2D eigenvalue weighted by atomic mass is 14.9. The Morgan fingerprint density at radius 1 is 0.326 bits per heavy atom. The fourth-order valence-corrected chi connectivity index (χ4v) is 6.41. The van der Waals surface area contributed by atoms with Gasteiger partial charge in [0.15, 0.2) is 5.82 Å². The molecule has 0 aliphatic carbocycles. The van der Waals surface area contributed by atoms with E-state index in [0.29, 0.717) is 5.82 Å². The van der Waals surface area contributed by atoms with Crippen molar-refractivity contribution in [2.75, 3.05) is 0 Å². The number of rotatable bonds is 4. The number of para-hydroxylation sites is 1. The Balaban J connectivity index is 1.24. The highest BCUT2D eigenvalue weighted by Crippen LogP contribution is 2.38. The summed E-state index contributed by atoms with van der Waals surface area (Å²) in [6.07, 6.45) is 0. The van der Waals surface area contributed by atoms with Gasteiger partial charge in [0.25, 0.3) is 0 Å². The summed E-state index contributed by atoms with van der Waals surface area (Å²) in [5.74, 6) is 0.716. The smallest absolute Gasteiger partial charge is 0.160 e. The number of pyridine rings is 2. The van der Waals surface area contributed by atoms with Crippen molar-refractivity contribution in [1.29, 1.82) is 0 Å². The first kappa shape index (κ1) is 26.2. The molecule has 0 aliphatic rings. The van der Waals surface area contributed by atoms with Crippen LogP contribution in [0.3, 0.4) is 0 Å². The van der Waals surface area contributed by atoms with E-state index >= 15 is 0 Å². The maximum absolute atomic E-state index is 5.28. The highest BCUT2D eigenvalue weighted by Gasteiger charge is 2.17. The lowest BCUT2D eigenvalue weighted by Gasteiger charge is -2.14. The first-order valence-corrected chi connectivity index (χ1v) is 15.4. The summed E-state index contributed by atoms with van der Waals surface area (Å²) in [6, 6.07) is 54.4. The minimum absolute atomic E-state index is 0.716. The van der Waals surface area contributed by atoms with Crippen molar-refractivity contribution < 1.29 is 0 Å². The van der Waals surface area contributed by atoms with E-state index in [1.54, 1.807) is 0 Å². The van der Waals surface area contributed by atoms with Gasteiger partial charge < -0.3 is 0 Å². The Hall–Kier alpha value is -6.26. The maximum Gasteiger partial charge on any atom is 0.160 e. The lowest BCUT2D eigenvalue weighted by atomic mass is 9.94. The molecular weight excluding hydrogens is 560 g/mol. The summed E-state index contributed by atoms with van der Waals surface area (Å²) < 4.78 is 0. The molecule has 3 aromatic heterocycles. The van der Waals surface area contributed by atoms with Crippen LogP contribution < -0.4 is 0 Å². The fraction of sp³-hybridized carbons (Fsp3) is 0. The quantitative estimate of drug-likeness (QED) is 0.193. The molecule has 6 aromatic carbocycles. The van der Waals surface area contributed by atoms with E-state index in [9.17, 15) is 0 Å². The first-order valence-electron chi connectivity index (χ1n) is 15.4. The number of hydrogen-bond donors (Lipinski definition) is 0. The number of hydrogen-bond acceptors (Lipinski definition) is 4. The van der Waals surface area contributed by atoms with Gasteiger partial charge in [-0.25, -0.2) is 19.9 Å². The Morgan fingerprint density at radius 3 is 1.57 bits per heavy atom. The third kappa shape index (κ3) is 4.39. The number of nitrogens with zero attached hydrogens (tertiary/aromatic N) is 4. The topological polar surface area (TPSA) is 51.6 Å². The van der Waals surface area contributed by atoms with Crippen molar-refractivity contribution in [3.05, 3.63) is 158 Å². The molecule has 4 nitrogen and oxygen atoms in total. The molecule has 0 amide bonds. The van der Waals surface area contributed by atoms with Crippen LogP contribution in [0, 0.1) is 0 Å². The molecule has 0 N–H and O–H groups in total. The van der Waals surface area contributed by atoms with Crippen molar-refractivity contribution in [2.45, 2.75) is 0 Å². The van der Waals surface area contributed by atoms with Crippen molar-refractivity contribution in [2.24, 2.45) is 0 Å². The van der Waals surface area contributed by atoms with Crippen LogP contribution in [0.1, 0.15) is 0 Å². The van der Waals surface area contributed by atoms with Crippen LogP contribution in [0.15, 0.2) is 158 Å². The van der Waals surface area contributed by atoms with Gasteiger partial charge in [0.2, 0.25) is 0 Å². The Labute approximate surface area is 265 Å². The molecule has 0 atom stereocenters. The molecule has 0 saturated carbocycles. The van der Waals surface area contributed by atoms with Crippen LogP contribution in [-0.4, -0.2) is 19.9 Å². The highest BCUT2D eigenvalue weighted by molar-refractivity contribution is 6.09. The molecule has 214 valence electrons. The van der Waals surface area contributed by atoms with Gasteiger partial charge in [-0.3, -0.25) is 0 Å². The van der Waals surface area contributed by atoms with E-state index in [1.807, 2.05) is 42.5 Å². The number of benzene rings is 6. The standard InChI is InChI=1S/C42H26N4/c1-3-11-27(12-4-1)36-25-21-28-19-20-29-22-26-38(44-40(29)39(28)43-36)33-23-24-34(32-16-8-7-15-31(32)33)41-35-17-9-10-18-37(35)45-42(46-41)30-13-5-2-6-14-30/h1-26H. The van der Waals surface area contributed by atoms with Crippen LogP contribution in [0.25, 0.3) is 88.6 Å². The molecule has 0 unspecified atom stereocenters. The predicted molar refractivity (Wildman–Crippen MR) is 189 cm³/mol. The Morgan fingerprint density at radius 2 is 0.848 bits per heavy atom. The molecule has 0 saturated heterocycles. The van der Waals surface area contributed by atoms with Gasteiger partial charge in [0.1, 0.15) is 0 Å². The van der Waals surface area contributed by atoms with Crippen molar-refractivity contribution in [3.63, 3.8) is 0 Å². The minimum atomic E-state index is 0.716. The zero-order valence-corrected chi connectivity index (χ0v) is 24.8. The minimum Gasteiger partial charge on any atom is -0.245 e. The van der Waals surface area contributed by atoms with Gasteiger partial charge in [-0.1, -0.05) is 140 Å². The van der Waals surface area contributed by atoms with Crippen molar-refractivity contribution in [1.82, 2.24) is 19.9 Å². The predicted octanol–water partition coefficient (Wildman–Crippen LogP) is 10.5. The molecule has 0 bridgehead atoms. The SMILES string of the molecule is c1ccc(-c2ccc3ccc4ccc(-c5ccc(-c6nc(-c7ccccc7)nc7ccccc67)c6ccccc56)nc4c3n2)cc1. The fourth-order valence-electron chi connectivity index (χ4n) is 6.41. The Kier molecular flexibility index (Phi) is 6.10. The molecule has 9 aromatic rings. The lowest BCUT2D eigenvalue weighted by molar-refractivity contribution is 1.23. The van der Waals surface area contributed by atoms with E-state index < -0.39 is 0 Å². The van der Waals surface area contributed by atoms with Crippen molar-refractivity contribution >= 4 is 43.5 Å². The van der Waals surface area contributed by atoms with E-state index in [-0.39, 0.29) is 0 Å². The van der Waals surface area contributed by atoms with E-state index in [4.69, 9.17) is 19.9 Å². The summed E-state index contributed by atoms with van der Waals surface area (Å²) in [5.41, 5.74) is 9.71. The molecular formula is C42H26N4. The summed E-state index contributed by atoms with van der Waals surface area (Å²) in [7, 11) is 0. The molecule has 0 fully saturated rings. The third-order valence-electron chi connectivity index (χ3n) is 8.68. The third-order valence-corrected chi connectivity index (χ3v) is 8.68. The first-order chi connectivity index (χ1) is 22.8. The number of aromatic nitrogens is 4. The summed E-state index contributed by atoms with van der Waals surface area (Å²) in [6.45, 7) is 0. The van der Waals surface area contributed by atoms with Crippen LogP contribution in [-0.2, 0) is 0 Å². The van der Waals surface area contributed by atoms with Gasteiger partial charge >= 0.3 is 0 Å². The van der Waals surface area contributed by atoms with E-state index in [0.717, 1.165) is 82.8 Å². The van der Waals surface area contributed by atoms with Gasteiger partial charge in [-0.15, -0.1) is 0 Å². The maximum atomic E-state index is 5.28. The normalized spacial score (nSPS) is 11.5. The molecule has 9 rings (SSSR count). The summed E-state index contributed by atoms with van der Waals surface area (Å²) in [4.78, 5) is 20.5. The van der Waals surface area contributed by atoms with Gasteiger partial charge in [-0.2, -0.15) is 0 Å². The van der Waals surface area contributed by atoms with Gasteiger partial charge in [-0.05, 0) is 29.0 Å². The van der Waals surface area contributed by atoms with E-state index in [1.165, 1.54) is 0 Å². The zero-order chi connectivity index (χ0) is 30.5. The molecule has 46 heavy (non-hydrogen) atoms. The van der Waals surface area contributed by atoms with Gasteiger partial charge in [0, 0.05) is 38.4 Å². The Bertz CT molecular complexity index is 2580. The van der Waals surface area contributed by atoms with Crippen molar-refractivity contribution in [3.8, 4) is 45.2 Å². The average Bonchev–Trinajstić information content (AvgIpc) is 3.14. The molecule has 4 heteroatoms. The second-order valence-electron chi connectivity index (χ2n) is 11.5. The summed E-state index contributed by atoms with van der Waals surface area (Å²) in [5, 5.41) is 5.40. The van der Waals surface area contributed by atoms with Crippen LogP contribution in [0.4, 0.5) is 0 Å². The van der Waals surface area contributed by atoms with Gasteiger partial charge in [0.05, 0.1) is 33.6 Å². The second-order valence-corrected chi connectivity index (χ2v) is 11.5. The number of fused-ring (bicyclic) bond motifs is 5. The second kappa shape index (κ2) is 10.7. The summed E-state index contributed by atoms with van der Waals surface area (Å²) >= 11 is 0. The van der Waals surface area contributed by atoms with Crippen LogP contribution in [0.2, 0.25) is 0 Å². The monoisotopic (exact) mass is 586 g/mol. The molecule has 0 aliphatic heterocycles.